The van der Waals surface area contributed by atoms with Crippen molar-refractivity contribution in [3.8, 4) is 0 Å². The number of rotatable bonds is 10. The Morgan fingerprint density at radius 3 is 2.13 bits per heavy atom. The van der Waals surface area contributed by atoms with E-state index in [1.807, 2.05) is 6.08 Å². The second-order valence-corrected chi connectivity index (χ2v) is 4.90. The average Bonchev–Trinajstić information content (AvgIpc) is 2.20. The van der Waals surface area contributed by atoms with Crippen molar-refractivity contribution >= 4 is 16.9 Å². The fourth-order valence-corrected chi connectivity index (χ4v) is 2.03. The van der Waals surface area contributed by atoms with Crippen LogP contribution in [-0.2, 0) is 0 Å². The number of hydrogen-bond donors (Lipinski definition) is 2. The summed E-state index contributed by atoms with van der Waals surface area (Å²) < 4.78 is 0. The molecule has 2 nitrogen and oxygen atoms in total. The molecule has 0 spiro atoms. The molecule has 0 rings (SSSR count). The Hall–Kier alpha value is -0.440. The van der Waals surface area contributed by atoms with Crippen molar-refractivity contribution in [2.45, 2.75) is 51.4 Å². The van der Waals surface area contributed by atoms with Crippen LogP contribution < -0.4 is 5.73 Å². The van der Waals surface area contributed by atoms with Gasteiger partial charge < -0.3 is 5.73 Å². The summed E-state index contributed by atoms with van der Waals surface area (Å²) in [7, 11) is 0. The highest BCUT2D eigenvalue weighted by atomic mass is 32.2. The summed E-state index contributed by atoms with van der Waals surface area (Å²) in [6.07, 6.45) is 12.3. The van der Waals surface area contributed by atoms with Gasteiger partial charge in [0.1, 0.15) is 0 Å². The van der Waals surface area contributed by atoms with Gasteiger partial charge in [-0.15, -0.1) is 6.58 Å². The molecule has 0 aromatic heterocycles. The van der Waals surface area contributed by atoms with Gasteiger partial charge in [-0.25, -0.2) is 0 Å². The standard InChI is InChI=1S/C12H24N2S/c1-2-3-4-5-6-7-8-9-10-11-15-12(13)14/h2H,1,3-11H2,(H3,13,14). The van der Waals surface area contributed by atoms with Crippen molar-refractivity contribution in [2.75, 3.05) is 5.75 Å². The first-order chi connectivity index (χ1) is 7.27. The molecule has 0 atom stereocenters. The average molecular weight is 228 g/mol. The summed E-state index contributed by atoms with van der Waals surface area (Å²) in [5.74, 6) is 1.01. The zero-order valence-electron chi connectivity index (χ0n) is 9.63. The van der Waals surface area contributed by atoms with Crippen LogP contribution in [0.3, 0.4) is 0 Å². The Kier molecular flexibility index (Phi) is 11.3. The molecule has 15 heavy (non-hydrogen) atoms. The first-order valence-corrected chi connectivity index (χ1v) is 6.83. The summed E-state index contributed by atoms with van der Waals surface area (Å²) in [5, 5.41) is 7.29. The molecule has 0 aromatic rings. The lowest BCUT2D eigenvalue weighted by atomic mass is 10.1. The Bertz CT molecular complexity index is 169. The van der Waals surface area contributed by atoms with Gasteiger partial charge in [0, 0.05) is 5.75 Å². The van der Waals surface area contributed by atoms with Crippen molar-refractivity contribution < 1.29 is 0 Å². The maximum Gasteiger partial charge on any atom is 0.151 e. The molecular weight excluding hydrogens is 204 g/mol. The summed E-state index contributed by atoms with van der Waals surface area (Å²) >= 11 is 1.46. The summed E-state index contributed by atoms with van der Waals surface area (Å²) in [6, 6.07) is 0. The van der Waals surface area contributed by atoms with Gasteiger partial charge >= 0.3 is 0 Å². The first kappa shape index (κ1) is 14.6. The number of hydrogen-bond acceptors (Lipinski definition) is 2. The van der Waals surface area contributed by atoms with Crippen LogP contribution in [0, 0.1) is 5.41 Å². The smallest absolute Gasteiger partial charge is 0.151 e. The minimum atomic E-state index is 0.249. The number of nitrogens with one attached hydrogen (secondary N) is 1. The van der Waals surface area contributed by atoms with Crippen LogP contribution >= 0.6 is 11.8 Å². The fourth-order valence-electron chi connectivity index (χ4n) is 1.46. The molecule has 3 heteroatoms. The van der Waals surface area contributed by atoms with Gasteiger partial charge in [0.15, 0.2) is 5.17 Å². The maximum absolute atomic E-state index is 7.04. The van der Waals surface area contributed by atoms with E-state index in [-0.39, 0.29) is 5.17 Å². The highest BCUT2D eigenvalue weighted by molar-refractivity contribution is 8.13. The number of thioether (sulfide) groups is 1. The third-order valence-corrected chi connectivity index (χ3v) is 3.11. The molecule has 0 saturated carbocycles. The Morgan fingerprint density at radius 1 is 1.07 bits per heavy atom. The molecule has 0 aliphatic heterocycles. The normalized spacial score (nSPS) is 10.1. The van der Waals surface area contributed by atoms with Gasteiger partial charge in [0.05, 0.1) is 0 Å². The van der Waals surface area contributed by atoms with Crippen molar-refractivity contribution in [3.63, 3.8) is 0 Å². The zero-order valence-corrected chi connectivity index (χ0v) is 10.5. The van der Waals surface area contributed by atoms with Crippen LogP contribution in [-0.4, -0.2) is 10.9 Å². The van der Waals surface area contributed by atoms with E-state index in [4.69, 9.17) is 11.1 Å². The molecule has 0 aromatic carbocycles. The Labute approximate surface area is 98.2 Å². The van der Waals surface area contributed by atoms with E-state index in [9.17, 15) is 0 Å². The van der Waals surface area contributed by atoms with Crippen LogP contribution in [0.2, 0.25) is 0 Å². The molecule has 0 aliphatic rings. The Morgan fingerprint density at radius 2 is 1.60 bits per heavy atom. The summed E-state index contributed by atoms with van der Waals surface area (Å²) in [5.41, 5.74) is 5.24. The monoisotopic (exact) mass is 228 g/mol. The second-order valence-electron chi connectivity index (χ2n) is 3.76. The van der Waals surface area contributed by atoms with Crippen molar-refractivity contribution in [1.29, 1.82) is 5.41 Å². The van der Waals surface area contributed by atoms with Crippen LogP contribution in [0.15, 0.2) is 12.7 Å². The van der Waals surface area contributed by atoms with E-state index in [2.05, 4.69) is 6.58 Å². The predicted molar refractivity (Wildman–Crippen MR) is 71.5 cm³/mol. The molecule has 0 bridgehead atoms. The van der Waals surface area contributed by atoms with Crippen LogP contribution in [0.4, 0.5) is 0 Å². The lowest BCUT2D eigenvalue weighted by Crippen LogP contribution is -2.04. The van der Waals surface area contributed by atoms with E-state index < -0.39 is 0 Å². The molecule has 0 saturated heterocycles. The second kappa shape index (κ2) is 11.6. The Balaban J connectivity index is 2.92. The molecule has 3 N–H and O–H groups in total. The minimum absolute atomic E-state index is 0.249. The molecule has 0 radical (unpaired) electrons. The predicted octanol–water partition coefficient (Wildman–Crippen LogP) is 3.92. The lowest BCUT2D eigenvalue weighted by Gasteiger charge is -2.01. The molecule has 0 aliphatic carbocycles. The van der Waals surface area contributed by atoms with Gasteiger partial charge in [-0.2, -0.15) is 0 Å². The third kappa shape index (κ3) is 13.6. The van der Waals surface area contributed by atoms with E-state index in [1.54, 1.807) is 0 Å². The third-order valence-electron chi connectivity index (χ3n) is 2.31. The minimum Gasteiger partial charge on any atom is -0.379 e. The zero-order chi connectivity index (χ0) is 11.4. The molecule has 0 fully saturated rings. The number of amidine groups is 1. The summed E-state index contributed by atoms with van der Waals surface area (Å²) in [6.45, 7) is 3.71. The van der Waals surface area contributed by atoms with Crippen LogP contribution in [0.25, 0.3) is 0 Å². The lowest BCUT2D eigenvalue weighted by molar-refractivity contribution is 0.594. The highest BCUT2D eigenvalue weighted by Crippen LogP contribution is 2.10. The van der Waals surface area contributed by atoms with Gasteiger partial charge in [-0.1, -0.05) is 49.9 Å². The topological polar surface area (TPSA) is 49.9 Å². The van der Waals surface area contributed by atoms with E-state index in [0.29, 0.717) is 0 Å². The molecule has 0 unspecified atom stereocenters. The summed E-state index contributed by atoms with van der Waals surface area (Å²) in [4.78, 5) is 0. The van der Waals surface area contributed by atoms with Crippen LogP contribution in [0.1, 0.15) is 51.4 Å². The van der Waals surface area contributed by atoms with Crippen LogP contribution in [0.5, 0.6) is 0 Å². The fraction of sp³-hybridized carbons (Fsp3) is 0.750. The van der Waals surface area contributed by atoms with E-state index in [0.717, 1.165) is 12.2 Å². The number of allylic oxidation sites excluding steroid dienone is 1. The van der Waals surface area contributed by atoms with Gasteiger partial charge in [-0.05, 0) is 19.3 Å². The van der Waals surface area contributed by atoms with Crippen molar-refractivity contribution in [1.82, 2.24) is 0 Å². The highest BCUT2D eigenvalue weighted by Gasteiger charge is 1.93. The molecule has 0 heterocycles. The molecule has 88 valence electrons. The SMILES string of the molecule is C=CCCCCCCCCCSC(=N)N. The van der Waals surface area contributed by atoms with Crippen molar-refractivity contribution in [3.05, 3.63) is 12.7 Å². The maximum atomic E-state index is 7.04. The number of nitrogens with two attached hydrogens (primary N) is 1. The van der Waals surface area contributed by atoms with Gasteiger partial charge in [0.2, 0.25) is 0 Å². The van der Waals surface area contributed by atoms with E-state index >= 15 is 0 Å². The largest absolute Gasteiger partial charge is 0.379 e. The van der Waals surface area contributed by atoms with Gasteiger partial charge in [-0.3, -0.25) is 5.41 Å². The quantitative estimate of drug-likeness (QED) is 0.258. The first-order valence-electron chi connectivity index (χ1n) is 5.85. The van der Waals surface area contributed by atoms with E-state index in [1.165, 1.54) is 56.7 Å². The van der Waals surface area contributed by atoms with Crippen molar-refractivity contribution in [2.24, 2.45) is 5.73 Å². The number of unbranched alkanes of at least 4 members (excludes halogenated alkanes) is 7. The molecular formula is C12H24N2S. The molecule has 0 amide bonds. The van der Waals surface area contributed by atoms with Gasteiger partial charge in [0.25, 0.3) is 0 Å².